The first-order chi connectivity index (χ1) is 9.49. The quantitative estimate of drug-likeness (QED) is 0.576. The van der Waals surface area contributed by atoms with Crippen LogP contribution in [0.3, 0.4) is 0 Å². The van der Waals surface area contributed by atoms with Crippen LogP contribution in [-0.2, 0) is 16.1 Å². The van der Waals surface area contributed by atoms with Gasteiger partial charge in [-0.2, -0.15) is 0 Å². The van der Waals surface area contributed by atoms with Crippen molar-refractivity contribution in [1.29, 1.82) is 0 Å². The molecule has 0 aromatic carbocycles. The van der Waals surface area contributed by atoms with Gasteiger partial charge in [0.2, 0.25) is 0 Å². The lowest BCUT2D eigenvalue weighted by molar-refractivity contribution is -0.140. The van der Waals surface area contributed by atoms with Crippen LogP contribution in [0.1, 0.15) is 24.1 Å². The van der Waals surface area contributed by atoms with Crippen molar-refractivity contribution in [2.45, 2.75) is 31.8 Å². The van der Waals surface area contributed by atoms with Crippen LogP contribution in [-0.4, -0.2) is 34.2 Å². The molecule has 4 N–H and O–H groups in total. The predicted octanol–water partition coefficient (Wildman–Crippen LogP) is 1.26. The van der Waals surface area contributed by atoms with E-state index >= 15 is 0 Å². The molecule has 0 aliphatic heterocycles. The molecular formula is C12H16N2O5S. The van der Waals surface area contributed by atoms with Crippen LogP contribution in [0.5, 0.6) is 0 Å². The highest BCUT2D eigenvalue weighted by molar-refractivity contribution is 7.09. The molecule has 1 rings (SSSR count). The molecule has 1 atom stereocenters. The van der Waals surface area contributed by atoms with Crippen LogP contribution in [0.25, 0.3) is 0 Å². The van der Waals surface area contributed by atoms with Gasteiger partial charge in [-0.1, -0.05) is 6.07 Å². The standard InChI is InChI=1S/C12H16N2O5S/c15-10(16)5-1-4-9(11(17)18)14-12(19)13-7-8-3-2-6-20-8/h2-3,6,9H,1,4-5,7H2,(H,15,16)(H,17,18)(H2,13,14,19)/t9-/m1/s1. The Hall–Kier alpha value is -2.09. The Morgan fingerprint density at radius 3 is 2.60 bits per heavy atom. The van der Waals surface area contributed by atoms with Gasteiger partial charge in [0.15, 0.2) is 0 Å². The number of thiophene rings is 1. The van der Waals surface area contributed by atoms with Gasteiger partial charge in [-0.05, 0) is 24.3 Å². The summed E-state index contributed by atoms with van der Waals surface area (Å²) < 4.78 is 0. The number of hydrogen-bond donors (Lipinski definition) is 4. The van der Waals surface area contributed by atoms with Crippen molar-refractivity contribution in [2.24, 2.45) is 0 Å². The van der Waals surface area contributed by atoms with Crippen LogP contribution in [0.2, 0.25) is 0 Å². The Labute approximate surface area is 119 Å². The molecule has 110 valence electrons. The second-order valence-corrected chi connectivity index (χ2v) is 5.12. The number of rotatable bonds is 8. The third-order valence-corrected chi connectivity index (χ3v) is 3.37. The lowest BCUT2D eigenvalue weighted by atomic mass is 10.1. The number of carbonyl (C=O) groups is 3. The minimum Gasteiger partial charge on any atom is -0.481 e. The molecule has 1 heterocycles. The van der Waals surface area contributed by atoms with Crippen molar-refractivity contribution in [3.05, 3.63) is 22.4 Å². The largest absolute Gasteiger partial charge is 0.481 e. The molecule has 0 saturated carbocycles. The van der Waals surface area contributed by atoms with Crippen molar-refractivity contribution in [3.63, 3.8) is 0 Å². The zero-order valence-corrected chi connectivity index (χ0v) is 11.5. The molecule has 7 nitrogen and oxygen atoms in total. The first-order valence-corrected chi connectivity index (χ1v) is 6.88. The van der Waals surface area contributed by atoms with E-state index in [2.05, 4.69) is 10.6 Å². The molecule has 0 aliphatic rings. The Morgan fingerprint density at radius 1 is 1.30 bits per heavy atom. The highest BCUT2D eigenvalue weighted by Crippen LogP contribution is 2.07. The average Bonchev–Trinajstić information content (AvgIpc) is 2.87. The lowest BCUT2D eigenvalue weighted by Gasteiger charge is -2.14. The van der Waals surface area contributed by atoms with E-state index in [1.165, 1.54) is 11.3 Å². The highest BCUT2D eigenvalue weighted by atomic mass is 32.1. The summed E-state index contributed by atoms with van der Waals surface area (Å²) in [6.07, 6.45) is 0.147. The van der Waals surface area contributed by atoms with Crippen molar-refractivity contribution < 1.29 is 24.6 Å². The Kier molecular flexibility index (Phi) is 6.51. The smallest absolute Gasteiger partial charge is 0.326 e. The fourth-order valence-electron chi connectivity index (χ4n) is 1.50. The summed E-state index contributed by atoms with van der Waals surface area (Å²) in [5.41, 5.74) is 0. The van der Waals surface area contributed by atoms with Gasteiger partial charge in [0.05, 0.1) is 6.54 Å². The number of carboxylic acid groups (broad SMARTS) is 2. The average molecular weight is 300 g/mol. The summed E-state index contributed by atoms with van der Waals surface area (Å²) in [5, 5.41) is 24.2. The fourth-order valence-corrected chi connectivity index (χ4v) is 2.15. The first-order valence-electron chi connectivity index (χ1n) is 6.00. The minimum atomic E-state index is -1.18. The van der Waals surface area contributed by atoms with Crippen molar-refractivity contribution in [2.75, 3.05) is 0 Å². The zero-order valence-electron chi connectivity index (χ0n) is 10.7. The summed E-state index contributed by atoms with van der Waals surface area (Å²) in [5.74, 6) is -2.17. The van der Waals surface area contributed by atoms with Crippen LogP contribution in [0.4, 0.5) is 4.79 Å². The summed E-state index contributed by atoms with van der Waals surface area (Å²) in [6.45, 7) is 0.324. The van der Waals surface area contributed by atoms with E-state index in [0.717, 1.165) is 4.88 Å². The Bertz CT molecular complexity index is 460. The van der Waals surface area contributed by atoms with E-state index < -0.39 is 24.0 Å². The molecule has 0 spiro atoms. The maximum atomic E-state index is 11.6. The lowest BCUT2D eigenvalue weighted by Crippen LogP contribution is -2.45. The molecule has 2 amide bonds. The van der Waals surface area contributed by atoms with Crippen LogP contribution in [0, 0.1) is 0 Å². The molecule has 0 unspecified atom stereocenters. The number of carboxylic acids is 2. The molecule has 0 fully saturated rings. The number of urea groups is 1. The van der Waals surface area contributed by atoms with E-state index in [1.807, 2.05) is 17.5 Å². The molecule has 20 heavy (non-hydrogen) atoms. The maximum absolute atomic E-state index is 11.6. The maximum Gasteiger partial charge on any atom is 0.326 e. The first kappa shape index (κ1) is 16.0. The molecule has 1 aromatic heterocycles. The van der Waals surface area contributed by atoms with E-state index in [0.29, 0.717) is 6.54 Å². The van der Waals surface area contributed by atoms with Gasteiger partial charge in [0.1, 0.15) is 6.04 Å². The highest BCUT2D eigenvalue weighted by Gasteiger charge is 2.19. The number of hydrogen-bond acceptors (Lipinski definition) is 4. The van der Waals surface area contributed by atoms with E-state index in [-0.39, 0.29) is 19.3 Å². The van der Waals surface area contributed by atoms with Crippen molar-refractivity contribution >= 4 is 29.3 Å². The van der Waals surface area contributed by atoms with Crippen LogP contribution >= 0.6 is 11.3 Å². The third kappa shape index (κ3) is 6.19. The van der Waals surface area contributed by atoms with Gasteiger partial charge < -0.3 is 20.8 Å². The third-order valence-electron chi connectivity index (χ3n) is 2.49. The Morgan fingerprint density at radius 2 is 2.05 bits per heavy atom. The number of nitrogens with one attached hydrogen (secondary N) is 2. The van der Waals surface area contributed by atoms with Gasteiger partial charge in [-0.3, -0.25) is 4.79 Å². The minimum absolute atomic E-state index is 0.0774. The summed E-state index contributed by atoms with van der Waals surface area (Å²) in [6, 6.07) is 2.04. The summed E-state index contributed by atoms with van der Waals surface area (Å²) in [4.78, 5) is 33.8. The van der Waals surface area contributed by atoms with Gasteiger partial charge >= 0.3 is 18.0 Å². The predicted molar refractivity (Wildman–Crippen MR) is 72.6 cm³/mol. The topological polar surface area (TPSA) is 116 Å². The molecule has 0 radical (unpaired) electrons. The molecule has 0 bridgehead atoms. The van der Waals surface area contributed by atoms with Gasteiger partial charge in [0.25, 0.3) is 0 Å². The molecule has 1 aromatic rings. The Balaban J connectivity index is 2.34. The van der Waals surface area contributed by atoms with Crippen molar-refractivity contribution in [1.82, 2.24) is 10.6 Å². The zero-order chi connectivity index (χ0) is 15.0. The molecular weight excluding hydrogens is 284 g/mol. The SMILES string of the molecule is O=C(O)CCC[C@@H](NC(=O)NCc1cccs1)C(=O)O. The number of carbonyl (C=O) groups excluding carboxylic acids is 1. The molecule has 8 heteroatoms. The van der Waals surface area contributed by atoms with Gasteiger partial charge in [-0.15, -0.1) is 11.3 Å². The van der Waals surface area contributed by atoms with Gasteiger partial charge in [0, 0.05) is 11.3 Å². The number of aliphatic carboxylic acids is 2. The monoisotopic (exact) mass is 300 g/mol. The fraction of sp³-hybridized carbons (Fsp3) is 0.417. The normalized spacial score (nSPS) is 11.6. The number of amides is 2. The van der Waals surface area contributed by atoms with Crippen LogP contribution < -0.4 is 10.6 Å². The van der Waals surface area contributed by atoms with Crippen LogP contribution in [0.15, 0.2) is 17.5 Å². The van der Waals surface area contributed by atoms with E-state index in [9.17, 15) is 14.4 Å². The molecule has 0 aliphatic carbocycles. The van der Waals surface area contributed by atoms with E-state index in [4.69, 9.17) is 10.2 Å². The summed E-state index contributed by atoms with van der Waals surface area (Å²) in [7, 11) is 0. The van der Waals surface area contributed by atoms with E-state index in [1.54, 1.807) is 0 Å². The second-order valence-electron chi connectivity index (χ2n) is 4.08. The molecule has 0 saturated heterocycles. The van der Waals surface area contributed by atoms with Crippen molar-refractivity contribution in [3.8, 4) is 0 Å². The second kappa shape index (κ2) is 8.16. The van der Waals surface area contributed by atoms with Gasteiger partial charge in [-0.25, -0.2) is 9.59 Å². The summed E-state index contributed by atoms with van der Waals surface area (Å²) >= 11 is 1.48.